The number of halogens is 1. The maximum atomic E-state index is 16.4. The van der Waals surface area contributed by atoms with Gasteiger partial charge in [0.05, 0.1) is 38.4 Å². The fourth-order valence-electron chi connectivity index (χ4n) is 10.7. The Morgan fingerprint density at radius 1 is 0.736 bits per heavy atom. The fraction of sp³-hybridized carbons (Fsp3) is 0.522. The van der Waals surface area contributed by atoms with Crippen LogP contribution in [-0.4, -0.2) is 177 Å². The van der Waals surface area contributed by atoms with Crippen LogP contribution in [0.3, 0.4) is 0 Å². The second-order valence-electron chi connectivity index (χ2n) is 24.9. The Kier molecular flexibility index (Phi) is 26.5. The van der Waals surface area contributed by atoms with Gasteiger partial charge >= 0.3 is 11.9 Å². The predicted molar refractivity (Wildman–Crippen MR) is 339 cm³/mol. The monoisotopic (exact) mass is 1260 g/mol. The zero-order valence-electron chi connectivity index (χ0n) is 54.6. The largest absolute Gasteiger partial charge is 0.493 e. The zero-order valence-corrected chi connectivity index (χ0v) is 54.6. The topological polar surface area (TPSA) is 246 Å². The Bertz CT molecular complexity index is 3250. The van der Waals surface area contributed by atoms with Crippen LogP contribution in [0.25, 0.3) is 10.8 Å². The van der Waals surface area contributed by atoms with Crippen LogP contribution in [0.2, 0.25) is 0 Å². The molecule has 4 aromatic rings. The van der Waals surface area contributed by atoms with Crippen molar-refractivity contribution in [2.45, 2.75) is 154 Å². The number of rotatable bonds is 12. The number of carbonyl (C=O) groups is 9. The molecule has 2 N–H and O–H groups in total. The highest BCUT2D eigenvalue weighted by Crippen LogP contribution is 2.34. The molecule has 494 valence electrons. The molecule has 1 saturated heterocycles. The number of nitrogens with one attached hydrogen (secondary N) is 2. The number of likely N-dealkylation sites (N-methyl/N-ethyl adjacent to an activating group) is 3. The number of hydrogen-bond donors (Lipinski definition) is 2. The first kappa shape index (κ1) is 71.7. The molecule has 6 rings (SSSR count). The number of ether oxygens (including phenoxy) is 6. The number of unbranched alkanes of at least 4 members (excludes halogenated alkanes) is 1. The number of fused-ring (bicyclic) bond motifs is 4. The van der Waals surface area contributed by atoms with Crippen molar-refractivity contribution in [3.63, 3.8) is 0 Å². The lowest BCUT2D eigenvalue weighted by Gasteiger charge is -2.36. The minimum Gasteiger partial charge on any atom is -0.493 e. The number of hydrogen-bond acceptors (Lipinski definition) is 15. The van der Waals surface area contributed by atoms with Gasteiger partial charge in [-0.2, -0.15) is 0 Å². The maximum Gasteiger partial charge on any atom is 0.330 e. The van der Waals surface area contributed by atoms with Gasteiger partial charge in [0.25, 0.3) is 11.8 Å². The minimum atomic E-state index is -1.51. The third kappa shape index (κ3) is 20.6. The Hall–Kier alpha value is -8.40. The molecule has 0 unspecified atom stereocenters. The van der Waals surface area contributed by atoms with E-state index in [1.807, 2.05) is 49.4 Å². The van der Waals surface area contributed by atoms with E-state index in [0.29, 0.717) is 68.6 Å². The molecule has 2 aliphatic heterocycles. The van der Waals surface area contributed by atoms with Gasteiger partial charge in [0.2, 0.25) is 29.4 Å². The fourth-order valence-corrected chi connectivity index (χ4v) is 10.7. The van der Waals surface area contributed by atoms with Crippen LogP contribution in [-0.2, 0) is 70.2 Å². The SMILES string of the molecule is CCCC[C@H]1C(=O)N[C@@H](Cc2ccc3ccccc3c2)C(=O)N(C)[C@@H](COC(C)(C)C)C(=O)NCC(=O)N(C)CCCC/C=C/C(=O)OCC(C)(C)C(=O)C(=O)N2CCCC[C@H]2C(=O)O[C@H](CCc2ccc(OC)c(OC)c2)c2cc(ccc2F)OCC(=O)N1C. The molecular formula is C69H91FN6O15. The molecule has 1 fully saturated rings. The number of piperidine rings is 1. The van der Waals surface area contributed by atoms with Gasteiger partial charge in [0.1, 0.15) is 48.4 Å². The summed E-state index contributed by atoms with van der Waals surface area (Å²) in [5.74, 6) is -6.44. The van der Waals surface area contributed by atoms with E-state index in [9.17, 15) is 38.4 Å². The Morgan fingerprint density at radius 2 is 1.45 bits per heavy atom. The molecule has 0 spiro atoms. The predicted octanol–water partition coefficient (Wildman–Crippen LogP) is 7.81. The van der Waals surface area contributed by atoms with Crippen LogP contribution < -0.4 is 24.8 Å². The Balaban J connectivity index is 1.35. The number of cyclic esters (lactones) is 2. The van der Waals surface area contributed by atoms with Gasteiger partial charge < -0.3 is 58.7 Å². The van der Waals surface area contributed by atoms with Crippen LogP contribution >= 0.6 is 0 Å². The summed E-state index contributed by atoms with van der Waals surface area (Å²) in [5, 5.41) is 7.48. The van der Waals surface area contributed by atoms with Crippen LogP contribution in [0, 0.1) is 11.2 Å². The molecule has 91 heavy (non-hydrogen) atoms. The van der Waals surface area contributed by atoms with Crippen molar-refractivity contribution >= 4 is 63.9 Å². The van der Waals surface area contributed by atoms with Gasteiger partial charge in [0.15, 0.2) is 18.1 Å². The average Bonchev–Trinajstić information content (AvgIpc) is 0.965. The summed E-state index contributed by atoms with van der Waals surface area (Å²) >= 11 is 0. The van der Waals surface area contributed by atoms with Gasteiger partial charge in [-0.15, -0.1) is 0 Å². The number of amides is 6. The van der Waals surface area contributed by atoms with E-state index in [1.54, 1.807) is 52.1 Å². The highest BCUT2D eigenvalue weighted by atomic mass is 19.1. The number of aryl methyl sites for hydroxylation is 1. The van der Waals surface area contributed by atoms with Gasteiger partial charge in [-0.3, -0.25) is 33.6 Å². The number of methoxy groups -OCH3 is 2. The number of nitrogens with zero attached hydrogens (tertiary/aromatic N) is 4. The number of Topliss-reactive ketones (excluding diaryl/α,β-unsaturated/α-hetero) is 1. The first-order valence-electron chi connectivity index (χ1n) is 31.2. The number of carbonyl (C=O) groups excluding carboxylic acids is 9. The molecule has 0 aliphatic carbocycles. The van der Waals surface area contributed by atoms with E-state index < -0.39 is 120 Å². The van der Waals surface area contributed by atoms with E-state index in [4.69, 9.17) is 28.4 Å². The highest BCUT2D eigenvalue weighted by molar-refractivity contribution is 6.38. The van der Waals surface area contributed by atoms with Gasteiger partial charge in [-0.1, -0.05) is 74.4 Å². The quantitative estimate of drug-likeness (QED) is 0.101. The highest BCUT2D eigenvalue weighted by Gasteiger charge is 2.43. The molecule has 0 radical (unpaired) electrons. The van der Waals surface area contributed by atoms with Crippen LogP contribution in [0.4, 0.5) is 4.39 Å². The number of allylic oxidation sites excluding steroid dienone is 1. The molecule has 0 saturated carbocycles. The third-order valence-electron chi connectivity index (χ3n) is 16.4. The molecular weight excluding hydrogens is 1170 g/mol. The van der Waals surface area contributed by atoms with Crippen molar-refractivity contribution in [1.82, 2.24) is 30.2 Å². The molecule has 5 atom stereocenters. The average molecular weight is 1260 g/mol. The number of esters is 2. The molecule has 2 heterocycles. The lowest BCUT2D eigenvalue weighted by molar-refractivity contribution is -0.165. The molecule has 2 bridgehead atoms. The molecule has 2 aliphatic rings. The molecule has 22 heteroatoms. The van der Waals surface area contributed by atoms with Crippen LogP contribution in [0.5, 0.6) is 17.2 Å². The van der Waals surface area contributed by atoms with Crippen LogP contribution in [0.15, 0.2) is 91.0 Å². The van der Waals surface area contributed by atoms with E-state index in [1.165, 1.54) is 75.1 Å². The van der Waals surface area contributed by atoms with Gasteiger partial charge in [0, 0.05) is 52.3 Å². The van der Waals surface area contributed by atoms with Crippen molar-refractivity contribution in [3.8, 4) is 17.2 Å². The Labute approximate surface area is 533 Å². The minimum absolute atomic E-state index is 0.000972. The molecule has 21 nitrogen and oxygen atoms in total. The Morgan fingerprint density at radius 3 is 2.16 bits per heavy atom. The summed E-state index contributed by atoms with van der Waals surface area (Å²) in [5.41, 5.74) is -0.978. The maximum absolute atomic E-state index is 16.4. The van der Waals surface area contributed by atoms with Crippen molar-refractivity contribution in [2.75, 3.05) is 74.8 Å². The number of benzene rings is 4. The van der Waals surface area contributed by atoms with Crippen molar-refractivity contribution in [1.29, 1.82) is 0 Å². The second-order valence-corrected chi connectivity index (χ2v) is 24.9. The van der Waals surface area contributed by atoms with Crippen LogP contribution in [0.1, 0.15) is 129 Å². The first-order chi connectivity index (χ1) is 43.2. The lowest BCUT2D eigenvalue weighted by Crippen LogP contribution is -2.59. The van der Waals surface area contributed by atoms with Crippen molar-refractivity contribution in [3.05, 3.63) is 114 Å². The van der Waals surface area contributed by atoms with E-state index in [2.05, 4.69) is 10.6 Å². The summed E-state index contributed by atoms with van der Waals surface area (Å²) in [6.07, 6.45) is 5.64. The number of ketones is 1. The van der Waals surface area contributed by atoms with E-state index >= 15 is 9.18 Å². The van der Waals surface area contributed by atoms with Gasteiger partial charge in [-0.05, 0) is 145 Å². The molecule has 0 aromatic heterocycles. The zero-order chi connectivity index (χ0) is 66.6. The first-order valence-corrected chi connectivity index (χ1v) is 31.2. The third-order valence-corrected chi connectivity index (χ3v) is 16.4. The summed E-state index contributed by atoms with van der Waals surface area (Å²) in [6, 6.07) is 17.3. The standard InChI is InChI=1S/C69H91FN6O15/c1-12-13-24-53-64(82)72-52(38-46-27-30-47-22-17-18-23-48(47)37-46)65(83)75(9)55(42-90-68(2,3)4)63(81)71-41-59(77)73(7)35-20-15-14-16-26-61(79)89-44-69(5,6)62(80)66(84)76-36-21-19-25-54(76)67(85)91-56(33-28-45-29-34-57(86-10)58(39-45)87-11)50-40-49(31-32-51(50)70)88-43-60(78)74(53)8/h16-18,22-23,26-27,29-32,34,37,39-40,52-56H,12-15,19-21,24-25,28,33,35-36,38,41-44H2,1-11H3,(H,71,81)(H,72,82)/b26-16+/t52-,53-,54-,55-,56+/m0/s1. The molecule has 4 aromatic carbocycles. The van der Waals surface area contributed by atoms with E-state index in [-0.39, 0.29) is 56.6 Å². The van der Waals surface area contributed by atoms with Gasteiger partial charge in [-0.25, -0.2) is 14.0 Å². The van der Waals surface area contributed by atoms with Crippen molar-refractivity contribution < 1.29 is 76.0 Å². The lowest BCUT2D eigenvalue weighted by atomic mass is 9.87. The summed E-state index contributed by atoms with van der Waals surface area (Å²) in [4.78, 5) is 133. The van der Waals surface area contributed by atoms with Crippen molar-refractivity contribution in [2.24, 2.45) is 5.41 Å². The smallest absolute Gasteiger partial charge is 0.330 e. The summed E-state index contributed by atoms with van der Waals surface area (Å²) in [6.45, 7) is 8.79. The summed E-state index contributed by atoms with van der Waals surface area (Å²) < 4.78 is 51.2. The summed E-state index contributed by atoms with van der Waals surface area (Å²) in [7, 11) is 7.44. The second kappa shape index (κ2) is 33.6. The normalized spacial score (nSPS) is 21.9. The molecule has 6 amide bonds. The van der Waals surface area contributed by atoms with E-state index in [0.717, 1.165) is 27.3 Å².